The molecule has 2 amide bonds. The van der Waals surface area contributed by atoms with Crippen molar-refractivity contribution in [3.05, 3.63) is 81.6 Å². The van der Waals surface area contributed by atoms with Crippen molar-refractivity contribution in [2.75, 3.05) is 45.8 Å². The maximum atomic E-state index is 14.0. The number of methoxy groups -OCH3 is 4. The van der Waals surface area contributed by atoms with Crippen molar-refractivity contribution < 1.29 is 33.3 Å². The monoisotopic (exact) mass is 716 g/mol. The Balaban J connectivity index is 1.54. The number of para-hydroxylation sites is 1. The third-order valence-corrected chi connectivity index (χ3v) is 9.72. The fourth-order valence-corrected chi connectivity index (χ4v) is 7.12. The second kappa shape index (κ2) is 16.7. The molecule has 4 aromatic rings. The topological polar surface area (TPSA) is 157 Å². The Labute approximate surface area is 301 Å². The number of hydrogen-bond donors (Lipinski definition) is 4. The molecule has 0 radical (unpaired) electrons. The molecule has 0 saturated heterocycles. The molecule has 4 N–H and O–H groups in total. The zero-order valence-electron chi connectivity index (χ0n) is 29.6. The highest BCUT2D eigenvalue weighted by atomic mass is 32.2. The Morgan fingerprint density at radius 2 is 1.75 bits per heavy atom. The number of anilines is 1. The van der Waals surface area contributed by atoms with Crippen LogP contribution in [0.4, 0.5) is 5.69 Å². The second-order valence-electron chi connectivity index (χ2n) is 12.2. The molecule has 0 aliphatic heterocycles. The Morgan fingerprint density at radius 1 is 0.980 bits per heavy atom. The number of aromatic amines is 1. The van der Waals surface area contributed by atoms with Crippen molar-refractivity contribution in [1.82, 2.24) is 15.6 Å². The third kappa shape index (κ3) is 8.09. The predicted octanol–water partition coefficient (Wildman–Crippen LogP) is 4.78. The summed E-state index contributed by atoms with van der Waals surface area (Å²) in [5, 5.41) is 10.0. The molecule has 0 saturated carbocycles. The number of rotatable bonds is 14. The Kier molecular flexibility index (Phi) is 12.1. The molecule has 12 nitrogen and oxygen atoms in total. The van der Waals surface area contributed by atoms with Gasteiger partial charge in [0, 0.05) is 36.0 Å². The molecular formula is C38H44N4O8S. The van der Waals surface area contributed by atoms with E-state index in [9.17, 15) is 19.2 Å². The van der Waals surface area contributed by atoms with E-state index in [-0.39, 0.29) is 23.4 Å². The average molecular weight is 717 g/mol. The van der Waals surface area contributed by atoms with Gasteiger partial charge in [-0.05, 0) is 77.8 Å². The summed E-state index contributed by atoms with van der Waals surface area (Å²) in [5.41, 5.74) is 4.45. The summed E-state index contributed by atoms with van der Waals surface area (Å²) in [4.78, 5) is 56.4. The second-order valence-corrected chi connectivity index (χ2v) is 13.2. The lowest BCUT2D eigenvalue weighted by Gasteiger charge is -2.22. The molecule has 3 atom stereocenters. The summed E-state index contributed by atoms with van der Waals surface area (Å²) < 4.78 is 22.3. The van der Waals surface area contributed by atoms with Crippen LogP contribution in [-0.2, 0) is 32.0 Å². The zero-order valence-corrected chi connectivity index (χ0v) is 30.5. The first-order valence-corrected chi connectivity index (χ1v) is 18.0. The van der Waals surface area contributed by atoms with Crippen molar-refractivity contribution in [2.45, 2.75) is 50.7 Å². The molecule has 0 fully saturated rings. The lowest BCUT2D eigenvalue weighted by atomic mass is 9.95. The van der Waals surface area contributed by atoms with E-state index in [4.69, 9.17) is 18.9 Å². The number of ether oxygens (including phenoxy) is 4. The summed E-state index contributed by atoms with van der Waals surface area (Å²) in [6.45, 7) is 1.44. The third-order valence-electron chi connectivity index (χ3n) is 9.07. The van der Waals surface area contributed by atoms with E-state index in [2.05, 4.69) is 20.9 Å². The van der Waals surface area contributed by atoms with Gasteiger partial charge in [0.2, 0.25) is 23.0 Å². The van der Waals surface area contributed by atoms with Crippen LogP contribution in [0.25, 0.3) is 22.0 Å². The number of aromatic nitrogens is 1. The summed E-state index contributed by atoms with van der Waals surface area (Å²) in [7, 11) is 5.90. The molecule has 270 valence electrons. The van der Waals surface area contributed by atoms with Gasteiger partial charge in [-0.15, -0.1) is 0 Å². The van der Waals surface area contributed by atoms with E-state index in [0.29, 0.717) is 53.4 Å². The van der Waals surface area contributed by atoms with Gasteiger partial charge in [0.05, 0.1) is 40.2 Å². The lowest BCUT2D eigenvalue weighted by Crippen LogP contribution is -2.49. The van der Waals surface area contributed by atoms with E-state index >= 15 is 0 Å². The van der Waals surface area contributed by atoms with Gasteiger partial charge in [0.25, 0.3) is 0 Å². The van der Waals surface area contributed by atoms with Crippen LogP contribution in [-0.4, -0.2) is 75.3 Å². The summed E-state index contributed by atoms with van der Waals surface area (Å²) >= 11 is 1.56. The van der Waals surface area contributed by atoms with E-state index in [1.54, 1.807) is 31.0 Å². The number of carbonyl (C=O) groups is 3. The average Bonchev–Trinajstić information content (AvgIpc) is 3.39. The molecule has 1 heterocycles. The standard InChI is InChI=1S/C38H44N4O8S/c1-21(43)40-28-13-11-22-18-33(47-2)35(48-3)36(49-4)34(22)25-12-14-29(32(44)19-26(25)28)41-30(15-16-51-6)37(45)42-31(38(46)50-5)17-23-20-39-27-10-8-7-9-24(23)27/h7-10,12,14,18-20,28,30-31,39H,11,13,15-17H2,1-6H3,(H,40,43)(H,41,44)(H,42,45)/t28-,30-,31-/m0/s1. The van der Waals surface area contributed by atoms with Gasteiger partial charge in [-0.2, -0.15) is 11.8 Å². The van der Waals surface area contributed by atoms with Crippen molar-refractivity contribution in [1.29, 1.82) is 0 Å². The fourth-order valence-electron chi connectivity index (χ4n) is 6.65. The number of nitrogens with one attached hydrogen (secondary N) is 4. The molecule has 5 rings (SSSR count). The summed E-state index contributed by atoms with van der Waals surface area (Å²) in [5.74, 6) is 0.668. The van der Waals surface area contributed by atoms with Gasteiger partial charge < -0.3 is 39.9 Å². The van der Waals surface area contributed by atoms with Crippen LogP contribution in [0.5, 0.6) is 17.2 Å². The minimum Gasteiger partial charge on any atom is -0.493 e. The molecule has 1 aliphatic carbocycles. The minimum atomic E-state index is -0.968. The molecule has 1 aromatic heterocycles. The number of hydrogen-bond acceptors (Lipinski definition) is 10. The molecule has 0 bridgehead atoms. The number of carbonyl (C=O) groups excluding carboxylic acids is 3. The number of thioether (sulfide) groups is 1. The van der Waals surface area contributed by atoms with Gasteiger partial charge in [0.1, 0.15) is 12.1 Å². The van der Waals surface area contributed by atoms with Gasteiger partial charge in [0.15, 0.2) is 11.5 Å². The molecular weight excluding hydrogens is 673 g/mol. The van der Waals surface area contributed by atoms with Crippen molar-refractivity contribution >= 4 is 46.1 Å². The van der Waals surface area contributed by atoms with Crippen molar-refractivity contribution in [3.63, 3.8) is 0 Å². The van der Waals surface area contributed by atoms with Crippen LogP contribution in [0.2, 0.25) is 0 Å². The molecule has 51 heavy (non-hydrogen) atoms. The zero-order chi connectivity index (χ0) is 36.7. The number of fused-ring (bicyclic) bond motifs is 4. The Hall–Kier alpha value is -5.17. The van der Waals surface area contributed by atoms with Crippen LogP contribution in [0.15, 0.2) is 59.5 Å². The molecule has 0 unspecified atom stereocenters. The van der Waals surface area contributed by atoms with Crippen molar-refractivity contribution in [2.24, 2.45) is 0 Å². The molecule has 1 aliphatic rings. The highest BCUT2D eigenvalue weighted by Gasteiger charge is 2.31. The smallest absolute Gasteiger partial charge is 0.328 e. The largest absolute Gasteiger partial charge is 0.493 e. The van der Waals surface area contributed by atoms with E-state index in [1.807, 2.05) is 42.8 Å². The number of esters is 1. The number of H-pyrrole nitrogens is 1. The number of benzene rings is 2. The Morgan fingerprint density at radius 3 is 2.43 bits per heavy atom. The van der Waals surface area contributed by atoms with Crippen LogP contribution in [0.3, 0.4) is 0 Å². The predicted molar refractivity (Wildman–Crippen MR) is 199 cm³/mol. The maximum Gasteiger partial charge on any atom is 0.328 e. The molecule has 3 aromatic carbocycles. The fraction of sp³-hybridized carbons (Fsp3) is 0.368. The Bertz CT molecular complexity index is 1980. The van der Waals surface area contributed by atoms with Gasteiger partial charge >= 0.3 is 5.97 Å². The number of amides is 2. The molecule has 13 heteroatoms. The van der Waals surface area contributed by atoms with Crippen LogP contribution in [0.1, 0.15) is 42.5 Å². The lowest BCUT2D eigenvalue weighted by molar-refractivity contribution is -0.145. The summed E-state index contributed by atoms with van der Waals surface area (Å²) in [6, 6.07) is 12.2. The molecule has 0 spiro atoms. The first-order valence-electron chi connectivity index (χ1n) is 16.6. The van der Waals surface area contributed by atoms with Crippen LogP contribution >= 0.6 is 11.8 Å². The summed E-state index contributed by atoms with van der Waals surface area (Å²) in [6.07, 6.45) is 5.39. The van der Waals surface area contributed by atoms with Gasteiger partial charge in [-0.1, -0.05) is 24.3 Å². The highest BCUT2D eigenvalue weighted by Crippen LogP contribution is 2.50. The maximum absolute atomic E-state index is 14.0. The first kappa shape index (κ1) is 37.1. The van der Waals surface area contributed by atoms with E-state index < -0.39 is 30.0 Å². The number of aryl methyl sites for hydroxylation is 1. The van der Waals surface area contributed by atoms with Crippen LogP contribution < -0.4 is 35.6 Å². The minimum absolute atomic E-state index is 0.179. The van der Waals surface area contributed by atoms with Crippen LogP contribution in [0, 0.1) is 0 Å². The first-order chi connectivity index (χ1) is 24.6. The van der Waals surface area contributed by atoms with Crippen molar-refractivity contribution in [3.8, 4) is 28.4 Å². The quantitative estimate of drug-likeness (QED) is 0.134. The highest BCUT2D eigenvalue weighted by molar-refractivity contribution is 7.98. The normalized spacial score (nSPS) is 14.6. The van der Waals surface area contributed by atoms with Gasteiger partial charge in [-0.25, -0.2) is 4.79 Å². The SMILES string of the molecule is COC(=O)[C@H](Cc1c[nH]c2ccccc12)NC(=O)[C@H](CCSC)Nc1ccc2c(cc1=O)[C@@H](NC(C)=O)CCc1cc(OC)c(OC)c(OC)c1-2. The van der Waals surface area contributed by atoms with E-state index in [1.165, 1.54) is 34.3 Å². The van der Waals surface area contributed by atoms with E-state index in [0.717, 1.165) is 27.6 Å². The van der Waals surface area contributed by atoms with Gasteiger partial charge in [-0.3, -0.25) is 14.4 Å².